The van der Waals surface area contributed by atoms with Crippen molar-refractivity contribution < 1.29 is 4.79 Å². The molecule has 0 aromatic rings. The highest BCUT2D eigenvalue weighted by Crippen LogP contribution is 1.34. The molecular weight excluding hydrogens is 80.1 g/mol. The van der Waals surface area contributed by atoms with Crippen LogP contribution in [0.5, 0.6) is 0 Å². The molecule has 26 valence electrons. The molecule has 0 fully saturated rings. The van der Waals surface area contributed by atoms with Gasteiger partial charge in [-0.3, -0.25) is 0 Å². The first-order valence-electron chi connectivity index (χ1n) is 1.25. The van der Waals surface area contributed by atoms with Crippen molar-refractivity contribution in [1.82, 2.24) is 0 Å². The van der Waals surface area contributed by atoms with Gasteiger partial charge in [-0.25, -0.2) is 0 Å². The van der Waals surface area contributed by atoms with Gasteiger partial charge in [-0.05, 0) is 0 Å². The SMILES string of the molecule is C[Si]C=[N+]=[N-]. The highest BCUT2D eigenvalue weighted by atomic mass is 28.2. The van der Waals surface area contributed by atoms with Crippen LogP contribution in [-0.2, 0) is 0 Å². The van der Waals surface area contributed by atoms with E-state index >= 15 is 0 Å². The number of hydrogen-bond acceptors (Lipinski definition) is 0. The first-order valence-corrected chi connectivity index (χ1v) is 2.82. The molecule has 2 nitrogen and oxygen atoms in total. The van der Waals surface area contributed by atoms with Gasteiger partial charge in [-0.1, -0.05) is 6.55 Å². The van der Waals surface area contributed by atoms with Gasteiger partial charge in [0, 0.05) is 0 Å². The van der Waals surface area contributed by atoms with E-state index in [0.29, 0.717) is 9.52 Å². The highest BCUT2D eigenvalue weighted by molar-refractivity contribution is 6.65. The normalized spacial score (nSPS) is 5.80. The number of hydrogen-bond donors (Lipinski definition) is 0. The van der Waals surface area contributed by atoms with Crippen molar-refractivity contribution in [1.29, 1.82) is 0 Å². The molecular formula is C2H4N2Si. The van der Waals surface area contributed by atoms with Crippen LogP contribution < -0.4 is 0 Å². The van der Waals surface area contributed by atoms with Crippen molar-refractivity contribution in [2.75, 3.05) is 0 Å². The van der Waals surface area contributed by atoms with Crippen molar-refractivity contribution in [3.8, 4) is 0 Å². The van der Waals surface area contributed by atoms with Crippen LogP contribution >= 0.6 is 0 Å². The summed E-state index contributed by atoms with van der Waals surface area (Å²) >= 11 is 0. The molecule has 0 spiro atoms. The third-order valence-corrected chi connectivity index (χ3v) is 0.561. The van der Waals surface area contributed by atoms with Crippen molar-refractivity contribution in [2.45, 2.75) is 6.55 Å². The average Bonchev–Trinajstić information content (AvgIpc) is 1.41. The molecule has 0 aromatic carbocycles. The molecule has 5 heavy (non-hydrogen) atoms. The van der Waals surface area contributed by atoms with Crippen LogP contribution in [0.1, 0.15) is 0 Å². The van der Waals surface area contributed by atoms with E-state index in [4.69, 9.17) is 5.53 Å². The second kappa shape index (κ2) is 3.60. The number of nitrogens with zero attached hydrogens (tertiary/aromatic N) is 2. The Morgan fingerprint density at radius 1 is 2.00 bits per heavy atom. The van der Waals surface area contributed by atoms with Crippen molar-refractivity contribution in [3.05, 3.63) is 5.53 Å². The molecule has 3 heteroatoms. The maximum Gasteiger partial charge on any atom is 0.222 e. The van der Waals surface area contributed by atoms with E-state index in [1.807, 2.05) is 6.55 Å². The molecule has 0 heterocycles. The smallest absolute Gasteiger partial charge is 0.222 e. The molecule has 0 aliphatic heterocycles. The fraction of sp³-hybridized carbons (Fsp3) is 0.500. The highest BCUT2D eigenvalue weighted by Gasteiger charge is 1.66. The minimum absolute atomic E-state index is 0.616. The molecule has 0 atom stereocenters. The molecule has 0 rings (SSSR count). The summed E-state index contributed by atoms with van der Waals surface area (Å²) in [6.07, 6.45) is 0. The molecule has 0 saturated carbocycles. The Morgan fingerprint density at radius 3 is 2.60 bits per heavy atom. The van der Waals surface area contributed by atoms with Crippen LogP contribution in [0.25, 0.3) is 5.53 Å². The van der Waals surface area contributed by atoms with E-state index in [0.717, 1.165) is 0 Å². The lowest BCUT2D eigenvalue weighted by Crippen LogP contribution is -1.79. The summed E-state index contributed by atoms with van der Waals surface area (Å²) in [7, 11) is 0.616. The zero-order valence-corrected chi connectivity index (χ0v) is 3.97. The Labute approximate surface area is 33.3 Å². The summed E-state index contributed by atoms with van der Waals surface area (Å²) in [5.41, 5.74) is 7.64. The number of rotatable bonds is 1. The lowest BCUT2D eigenvalue weighted by Gasteiger charge is -1.46. The van der Waals surface area contributed by atoms with Crippen LogP contribution in [0.3, 0.4) is 0 Å². The second-order valence-electron chi connectivity index (χ2n) is 0.533. The van der Waals surface area contributed by atoms with Gasteiger partial charge < -0.3 is 5.53 Å². The Kier molecular flexibility index (Phi) is 3.31. The topological polar surface area (TPSA) is 36.4 Å². The average molecular weight is 84.2 g/mol. The van der Waals surface area contributed by atoms with Gasteiger partial charge in [0.2, 0.25) is 5.84 Å². The van der Waals surface area contributed by atoms with Gasteiger partial charge >= 0.3 is 0 Å². The van der Waals surface area contributed by atoms with E-state index < -0.39 is 0 Å². The quantitative estimate of drug-likeness (QED) is 0.185. The zero-order valence-electron chi connectivity index (χ0n) is 2.97. The van der Waals surface area contributed by atoms with Crippen LogP contribution in [0.2, 0.25) is 6.55 Å². The molecule has 0 bridgehead atoms. The third-order valence-electron chi connectivity index (χ3n) is 0.187. The second-order valence-corrected chi connectivity index (χ2v) is 1.37. The maximum absolute atomic E-state index is 7.64. The lowest BCUT2D eigenvalue weighted by atomic mass is 11.7. The van der Waals surface area contributed by atoms with Gasteiger partial charge in [-0.2, -0.15) is 4.79 Å². The summed E-state index contributed by atoms with van der Waals surface area (Å²) in [6.45, 7) is 1.93. The Hall–Kier alpha value is -0.403. The predicted molar refractivity (Wildman–Crippen MR) is 21.3 cm³/mol. The summed E-state index contributed by atoms with van der Waals surface area (Å²) in [5, 5.41) is 0. The molecule has 0 aliphatic carbocycles. The fourth-order valence-corrected chi connectivity index (χ4v) is 0.173. The van der Waals surface area contributed by atoms with Gasteiger partial charge in [0.1, 0.15) is 0 Å². The van der Waals surface area contributed by atoms with Gasteiger partial charge in [-0.15, -0.1) is 0 Å². The molecule has 2 radical (unpaired) electrons. The Bertz CT molecular complexity index is 54.7. The van der Waals surface area contributed by atoms with Crippen LogP contribution in [0.4, 0.5) is 0 Å². The standard InChI is InChI=1S/C2H4N2Si/c1-5-2-4-3/h2H,1H3. The summed E-state index contributed by atoms with van der Waals surface area (Å²) < 4.78 is 0. The van der Waals surface area contributed by atoms with Crippen molar-refractivity contribution >= 4 is 15.4 Å². The molecule has 0 N–H and O–H groups in total. The Morgan fingerprint density at radius 2 is 2.60 bits per heavy atom. The Balaban J connectivity index is 2.93. The van der Waals surface area contributed by atoms with E-state index in [9.17, 15) is 0 Å². The zero-order chi connectivity index (χ0) is 4.12. The summed E-state index contributed by atoms with van der Waals surface area (Å²) in [5.74, 6) is 1.46. The lowest BCUT2D eigenvalue weighted by molar-refractivity contribution is 0.00743. The predicted octanol–water partition coefficient (Wildman–Crippen LogP) is -0.00320. The molecule has 0 aromatic heterocycles. The minimum atomic E-state index is 0.616. The van der Waals surface area contributed by atoms with Gasteiger partial charge in [0.25, 0.3) is 0 Å². The summed E-state index contributed by atoms with van der Waals surface area (Å²) in [6, 6.07) is 0. The molecule has 0 aliphatic rings. The molecule has 0 unspecified atom stereocenters. The monoisotopic (exact) mass is 84.0 g/mol. The first-order chi connectivity index (χ1) is 2.41. The van der Waals surface area contributed by atoms with Crippen LogP contribution in [-0.4, -0.2) is 20.1 Å². The van der Waals surface area contributed by atoms with E-state index in [1.54, 1.807) is 0 Å². The molecule has 0 saturated heterocycles. The fourth-order valence-electron chi connectivity index (χ4n) is 0.0577. The molecule has 0 amide bonds. The summed E-state index contributed by atoms with van der Waals surface area (Å²) in [4.78, 5) is 2.74. The minimum Gasteiger partial charge on any atom is -0.363 e. The van der Waals surface area contributed by atoms with Crippen LogP contribution in [0, 0.1) is 0 Å². The maximum atomic E-state index is 7.64. The van der Waals surface area contributed by atoms with E-state index in [1.165, 1.54) is 5.84 Å². The van der Waals surface area contributed by atoms with E-state index in [2.05, 4.69) is 4.79 Å². The third kappa shape index (κ3) is 3.60. The van der Waals surface area contributed by atoms with Crippen molar-refractivity contribution in [2.24, 2.45) is 0 Å². The van der Waals surface area contributed by atoms with Crippen molar-refractivity contribution in [3.63, 3.8) is 0 Å². The largest absolute Gasteiger partial charge is 0.363 e. The van der Waals surface area contributed by atoms with Gasteiger partial charge in [0.05, 0.1) is 0 Å². The van der Waals surface area contributed by atoms with E-state index in [-0.39, 0.29) is 0 Å². The van der Waals surface area contributed by atoms with Crippen LogP contribution in [0.15, 0.2) is 0 Å². The first kappa shape index (κ1) is 4.60. The van der Waals surface area contributed by atoms with Gasteiger partial charge in [0.15, 0.2) is 9.52 Å².